The van der Waals surface area contributed by atoms with Gasteiger partial charge in [0.25, 0.3) is 8.32 Å². The van der Waals surface area contributed by atoms with Crippen LogP contribution in [-0.2, 0) is 25.2 Å². The first-order chi connectivity index (χ1) is 17.8. The molecule has 7 heteroatoms. The minimum absolute atomic E-state index is 0.0940. The van der Waals surface area contributed by atoms with E-state index in [1.807, 2.05) is 66.7 Å². The number of aliphatic hydroxyl groups is 2. The lowest BCUT2D eigenvalue weighted by molar-refractivity contribution is -0.301. The molecule has 0 aliphatic carbocycles. The van der Waals surface area contributed by atoms with Crippen molar-refractivity contribution < 1.29 is 28.8 Å². The van der Waals surface area contributed by atoms with Gasteiger partial charge >= 0.3 is 0 Å². The first kappa shape index (κ1) is 27.7. The smallest absolute Gasteiger partial charge is 0.261 e. The molecule has 198 valence electrons. The van der Waals surface area contributed by atoms with Crippen LogP contribution in [0.5, 0.6) is 0 Å². The van der Waals surface area contributed by atoms with Crippen molar-refractivity contribution in [1.82, 2.24) is 0 Å². The Morgan fingerprint density at radius 1 is 0.784 bits per heavy atom. The molecule has 3 aromatic rings. The second kappa shape index (κ2) is 12.0. The highest BCUT2D eigenvalue weighted by Gasteiger charge is 2.52. The van der Waals surface area contributed by atoms with E-state index in [0.717, 1.165) is 15.9 Å². The number of methoxy groups -OCH3 is 1. The largest absolute Gasteiger partial charge is 0.405 e. The number of hydrogen-bond acceptors (Lipinski definition) is 6. The van der Waals surface area contributed by atoms with Gasteiger partial charge in [0.15, 0.2) is 6.29 Å². The third-order valence-electron chi connectivity index (χ3n) is 7.07. The molecule has 1 saturated heterocycles. The van der Waals surface area contributed by atoms with Gasteiger partial charge in [0.2, 0.25) is 0 Å². The standard InChI is InChI=1S/C30H38O6Si/c1-30(2,3)37(23-16-10-6-11-17-23,24-18-12-7-13-19-24)35-21-25-26(31)27(33-4)28(29(32)36-25)34-20-22-14-8-5-9-15-22/h5-19,25-29,31-32H,20-21H2,1-4H3/t25?,26-,27-,28?,29+/m0/s1. The molecule has 1 fully saturated rings. The number of rotatable bonds is 9. The van der Waals surface area contributed by atoms with Crippen LogP contribution in [0.1, 0.15) is 26.3 Å². The summed E-state index contributed by atoms with van der Waals surface area (Å²) in [6, 6.07) is 30.2. The monoisotopic (exact) mass is 522 g/mol. The zero-order chi connectivity index (χ0) is 26.5. The molecule has 1 aliphatic heterocycles. The van der Waals surface area contributed by atoms with Crippen molar-refractivity contribution in [2.24, 2.45) is 0 Å². The Kier molecular flexibility index (Phi) is 8.97. The fourth-order valence-electron chi connectivity index (χ4n) is 5.23. The Morgan fingerprint density at radius 2 is 1.30 bits per heavy atom. The Hall–Kier alpha value is -2.36. The minimum atomic E-state index is -2.84. The van der Waals surface area contributed by atoms with Gasteiger partial charge in [-0.3, -0.25) is 0 Å². The molecule has 0 bridgehead atoms. The molecule has 1 aliphatic rings. The molecule has 2 N–H and O–H groups in total. The maximum absolute atomic E-state index is 11.2. The summed E-state index contributed by atoms with van der Waals surface area (Å²) in [5.74, 6) is 0. The van der Waals surface area contributed by atoms with E-state index in [0.29, 0.717) is 0 Å². The number of benzene rings is 3. The quantitative estimate of drug-likeness (QED) is 0.420. The van der Waals surface area contributed by atoms with Gasteiger partial charge in [0, 0.05) is 7.11 Å². The molecule has 4 rings (SSSR count). The van der Waals surface area contributed by atoms with Gasteiger partial charge in [-0.25, -0.2) is 0 Å². The maximum Gasteiger partial charge on any atom is 0.261 e. The summed E-state index contributed by atoms with van der Waals surface area (Å²) >= 11 is 0. The molecule has 1 heterocycles. The summed E-state index contributed by atoms with van der Waals surface area (Å²) in [6.07, 6.45) is -4.74. The Bertz CT molecular complexity index is 1050. The first-order valence-corrected chi connectivity index (χ1v) is 14.6. The van der Waals surface area contributed by atoms with E-state index in [1.165, 1.54) is 7.11 Å². The van der Waals surface area contributed by atoms with Crippen molar-refractivity contribution in [3.8, 4) is 0 Å². The van der Waals surface area contributed by atoms with E-state index >= 15 is 0 Å². The second-order valence-corrected chi connectivity index (χ2v) is 14.8. The van der Waals surface area contributed by atoms with Crippen molar-refractivity contribution in [2.45, 2.75) is 63.1 Å². The molecular formula is C30H38O6Si. The van der Waals surface area contributed by atoms with E-state index < -0.39 is 39.0 Å². The van der Waals surface area contributed by atoms with Gasteiger partial charge in [0.1, 0.15) is 24.4 Å². The third kappa shape index (κ3) is 5.88. The van der Waals surface area contributed by atoms with Gasteiger partial charge in [-0.2, -0.15) is 0 Å². The van der Waals surface area contributed by atoms with Gasteiger partial charge in [0.05, 0.1) is 13.2 Å². The van der Waals surface area contributed by atoms with Gasteiger partial charge in [-0.05, 0) is 21.0 Å². The van der Waals surface area contributed by atoms with Crippen molar-refractivity contribution in [1.29, 1.82) is 0 Å². The van der Waals surface area contributed by atoms with Crippen LogP contribution in [0.25, 0.3) is 0 Å². The molecule has 6 nitrogen and oxygen atoms in total. The fraction of sp³-hybridized carbons (Fsp3) is 0.400. The Balaban J connectivity index is 1.57. The number of ether oxygens (including phenoxy) is 3. The highest BCUT2D eigenvalue weighted by atomic mass is 28.4. The van der Waals surface area contributed by atoms with Crippen LogP contribution in [0.4, 0.5) is 0 Å². The predicted molar refractivity (Wildman–Crippen MR) is 146 cm³/mol. The van der Waals surface area contributed by atoms with E-state index in [4.69, 9.17) is 18.6 Å². The molecule has 0 aromatic heterocycles. The molecule has 5 atom stereocenters. The Labute approximate surface area is 220 Å². The average molecular weight is 523 g/mol. The van der Waals surface area contributed by atoms with Gasteiger partial charge < -0.3 is 28.8 Å². The van der Waals surface area contributed by atoms with Crippen molar-refractivity contribution in [3.63, 3.8) is 0 Å². The van der Waals surface area contributed by atoms with Crippen LogP contribution in [0.15, 0.2) is 91.0 Å². The van der Waals surface area contributed by atoms with Crippen LogP contribution < -0.4 is 10.4 Å². The highest BCUT2D eigenvalue weighted by molar-refractivity contribution is 6.99. The summed E-state index contributed by atoms with van der Waals surface area (Å²) < 4.78 is 24.4. The molecule has 2 unspecified atom stereocenters. The van der Waals surface area contributed by atoms with Crippen LogP contribution in [0.2, 0.25) is 5.04 Å². The van der Waals surface area contributed by atoms with E-state index in [1.54, 1.807) is 0 Å². The maximum atomic E-state index is 11.2. The second-order valence-electron chi connectivity index (χ2n) is 10.5. The SMILES string of the molecule is CO[C@@H]1C(OCc2ccccc2)[C@H](O)OC(CO[Si](c2ccccc2)(c2ccccc2)C(C)(C)C)[C@@H]1O. The summed E-state index contributed by atoms with van der Waals surface area (Å²) in [4.78, 5) is 0. The topological polar surface area (TPSA) is 77.4 Å². The van der Waals surface area contributed by atoms with Crippen LogP contribution in [0.3, 0.4) is 0 Å². The normalized spacial score (nSPS) is 24.6. The summed E-state index contributed by atoms with van der Waals surface area (Å²) in [7, 11) is -1.33. The molecule has 0 saturated carbocycles. The summed E-state index contributed by atoms with van der Waals surface area (Å²) in [6.45, 7) is 6.94. The molecule has 0 spiro atoms. The van der Waals surface area contributed by atoms with Crippen molar-refractivity contribution in [3.05, 3.63) is 96.6 Å². The minimum Gasteiger partial charge on any atom is -0.405 e. The van der Waals surface area contributed by atoms with Gasteiger partial charge in [-0.1, -0.05) is 112 Å². The molecule has 37 heavy (non-hydrogen) atoms. The van der Waals surface area contributed by atoms with Crippen LogP contribution >= 0.6 is 0 Å². The van der Waals surface area contributed by atoms with Crippen LogP contribution in [-0.4, -0.2) is 63.0 Å². The predicted octanol–water partition coefficient (Wildman–Crippen LogP) is 3.24. The molecule has 0 radical (unpaired) electrons. The number of aliphatic hydroxyl groups excluding tert-OH is 2. The zero-order valence-corrected chi connectivity index (χ0v) is 23.0. The van der Waals surface area contributed by atoms with E-state index in [-0.39, 0.29) is 18.3 Å². The fourth-order valence-corrected chi connectivity index (χ4v) is 9.80. The van der Waals surface area contributed by atoms with Crippen LogP contribution in [0, 0.1) is 0 Å². The number of hydrogen-bond donors (Lipinski definition) is 2. The van der Waals surface area contributed by atoms with Gasteiger partial charge in [-0.15, -0.1) is 0 Å². The van der Waals surface area contributed by atoms with E-state index in [9.17, 15) is 10.2 Å². The zero-order valence-electron chi connectivity index (χ0n) is 22.0. The molecular weight excluding hydrogens is 484 g/mol. The van der Waals surface area contributed by atoms with E-state index in [2.05, 4.69) is 45.0 Å². The van der Waals surface area contributed by atoms with Crippen molar-refractivity contribution >= 4 is 18.7 Å². The molecule has 0 amide bonds. The lowest BCUT2D eigenvalue weighted by Crippen LogP contribution is -2.68. The summed E-state index contributed by atoms with van der Waals surface area (Å²) in [5.41, 5.74) is 0.955. The molecule has 3 aromatic carbocycles. The highest BCUT2D eigenvalue weighted by Crippen LogP contribution is 2.37. The summed E-state index contributed by atoms with van der Waals surface area (Å²) in [5, 5.41) is 24.2. The third-order valence-corrected chi connectivity index (χ3v) is 12.1. The first-order valence-electron chi connectivity index (χ1n) is 12.7. The lowest BCUT2D eigenvalue weighted by Gasteiger charge is -2.46. The van der Waals surface area contributed by atoms with Crippen molar-refractivity contribution in [2.75, 3.05) is 13.7 Å². The Morgan fingerprint density at radius 3 is 1.78 bits per heavy atom. The lowest BCUT2D eigenvalue weighted by atomic mass is 9.99. The average Bonchev–Trinajstić information content (AvgIpc) is 2.91.